The molecule has 0 aliphatic rings. The van der Waals surface area contributed by atoms with E-state index in [1.165, 1.54) is 0 Å². The molecule has 4 nitrogen and oxygen atoms in total. The van der Waals surface area contributed by atoms with Gasteiger partial charge in [-0.3, -0.25) is 0 Å². The van der Waals surface area contributed by atoms with E-state index in [9.17, 15) is 0 Å². The van der Waals surface area contributed by atoms with Gasteiger partial charge in [0.1, 0.15) is 5.82 Å². The molecule has 0 radical (unpaired) electrons. The third kappa shape index (κ3) is 4.92. The Kier molecular flexibility index (Phi) is 5.73. The van der Waals surface area contributed by atoms with Crippen LogP contribution in [0.3, 0.4) is 0 Å². The predicted molar refractivity (Wildman–Crippen MR) is 69.7 cm³/mol. The predicted octanol–water partition coefficient (Wildman–Crippen LogP) is 1.53. The molecule has 16 heavy (non-hydrogen) atoms. The van der Waals surface area contributed by atoms with Gasteiger partial charge in [0.25, 0.3) is 0 Å². The van der Waals surface area contributed by atoms with Crippen molar-refractivity contribution in [1.82, 2.24) is 10.3 Å². The molecule has 1 aromatic rings. The molecule has 0 bridgehead atoms. The maximum absolute atomic E-state index is 9.04. The highest BCUT2D eigenvalue weighted by Gasteiger charge is 1.99. The molecule has 1 rings (SSSR count). The number of hydrogen-bond donors (Lipinski definition) is 3. The van der Waals surface area contributed by atoms with Gasteiger partial charge in [-0.25, -0.2) is 4.98 Å². The molecular weight excluding hydrogens is 270 g/mol. The highest BCUT2D eigenvalue weighted by atomic mass is 79.9. The number of aliphatic hydroxyl groups excluding tert-OH is 1. The van der Waals surface area contributed by atoms with Gasteiger partial charge in [0.05, 0.1) is 6.10 Å². The summed E-state index contributed by atoms with van der Waals surface area (Å²) >= 11 is 3.37. The Hall–Kier alpha value is -0.650. The summed E-state index contributed by atoms with van der Waals surface area (Å²) in [5.41, 5.74) is 1.12. The molecule has 0 spiro atoms. The van der Waals surface area contributed by atoms with Crippen molar-refractivity contribution in [1.29, 1.82) is 0 Å². The minimum absolute atomic E-state index is 0.299. The largest absolute Gasteiger partial charge is 0.392 e. The van der Waals surface area contributed by atoms with Crippen molar-refractivity contribution in [3.8, 4) is 0 Å². The summed E-state index contributed by atoms with van der Waals surface area (Å²) in [5, 5.41) is 15.4. The minimum atomic E-state index is -0.299. The van der Waals surface area contributed by atoms with Crippen LogP contribution in [0.5, 0.6) is 0 Å². The molecular formula is C11H18BrN3O. The summed E-state index contributed by atoms with van der Waals surface area (Å²) in [4.78, 5) is 4.28. The summed E-state index contributed by atoms with van der Waals surface area (Å²) in [7, 11) is 0. The Morgan fingerprint density at radius 2 is 2.25 bits per heavy atom. The van der Waals surface area contributed by atoms with Crippen molar-refractivity contribution in [2.75, 3.05) is 25.0 Å². The number of hydrogen-bond acceptors (Lipinski definition) is 4. The molecule has 0 fully saturated rings. The fourth-order valence-corrected chi connectivity index (χ4v) is 1.75. The Labute approximate surface area is 105 Å². The standard InChI is InChI=1S/C11H18BrN3O/c1-8-5-10(12)7-15-11(8)14-4-3-13-6-9(2)16/h5,7,9,13,16H,3-4,6H2,1-2H3,(H,14,15). The second-order valence-electron chi connectivity index (χ2n) is 3.80. The molecule has 0 aromatic carbocycles. The van der Waals surface area contributed by atoms with E-state index in [0.717, 1.165) is 28.9 Å². The zero-order valence-electron chi connectivity index (χ0n) is 9.63. The van der Waals surface area contributed by atoms with Crippen LogP contribution in [0.1, 0.15) is 12.5 Å². The van der Waals surface area contributed by atoms with E-state index >= 15 is 0 Å². The van der Waals surface area contributed by atoms with Crippen molar-refractivity contribution in [2.24, 2.45) is 0 Å². The van der Waals surface area contributed by atoms with Crippen LogP contribution < -0.4 is 10.6 Å². The first-order valence-electron chi connectivity index (χ1n) is 5.34. The zero-order chi connectivity index (χ0) is 12.0. The summed E-state index contributed by atoms with van der Waals surface area (Å²) in [6, 6.07) is 2.03. The van der Waals surface area contributed by atoms with Gasteiger partial charge in [-0.1, -0.05) is 0 Å². The van der Waals surface area contributed by atoms with Gasteiger partial charge in [0, 0.05) is 30.3 Å². The number of aryl methyl sites for hydroxylation is 1. The molecule has 1 unspecified atom stereocenters. The lowest BCUT2D eigenvalue weighted by atomic mass is 10.3. The third-order valence-electron chi connectivity index (χ3n) is 2.08. The van der Waals surface area contributed by atoms with E-state index in [0.29, 0.717) is 6.54 Å². The lowest BCUT2D eigenvalue weighted by Gasteiger charge is -2.10. The molecule has 0 saturated carbocycles. The average molecular weight is 288 g/mol. The first-order valence-corrected chi connectivity index (χ1v) is 6.13. The smallest absolute Gasteiger partial charge is 0.128 e. The summed E-state index contributed by atoms with van der Waals surface area (Å²) in [5.74, 6) is 0.905. The summed E-state index contributed by atoms with van der Waals surface area (Å²) in [6.45, 7) is 6.00. The molecule has 5 heteroatoms. The SMILES string of the molecule is Cc1cc(Br)cnc1NCCNCC(C)O. The van der Waals surface area contributed by atoms with Crippen LogP contribution in [0.2, 0.25) is 0 Å². The van der Waals surface area contributed by atoms with Crippen molar-refractivity contribution < 1.29 is 5.11 Å². The lowest BCUT2D eigenvalue weighted by Crippen LogP contribution is -2.29. The second kappa shape index (κ2) is 6.83. The maximum atomic E-state index is 9.04. The van der Waals surface area contributed by atoms with E-state index in [1.807, 2.05) is 13.0 Å². The van der Waals surface area contributed by atoms with Crippen LogP contribution in [0, 0.1) is 6.92 Å². The van der Waals surface area contributed by atoms with Crippen LogP contribution in [-0.4, -0.2) is 35.8 Å². The monoisotopic (exact) mass is 287 g/mol. The highest BCUT2D eigenvalue weighted by Crippen LogP contribution is 2.16. The van der Waals surface area contributed by atoms with Gasteiger partial charge < -0.3 is 15.7 Å². The number of nitrogens with one attached hydrogen (secondary N) is 2. The van der Waals surface area contributed by atoms with Crippen LogP contribution in [-0.2, 0) is 0 Å². The summed E-state index contributed by atoms with van der Waals surface area (Å²) < 4.78 is 0.989. The molecule has 0 amide bonds. The molecule has 0 aliphatic carbocycles. The quantitative estimate of drug-likeness (QED) is 0.695. The minimum Gasteiger partial charge on any atom is -0.392 e. The van der Waals surface area contributed by atoms with Crippen LogP contribution >= 0.6 is 15.9 Å². The van der Waals surface area contributed by atoms with E-state index in [1.54, 1.807) is 13.1 Å². The third-order valence-corrected chi connectivity index (χ3v) is 2.51. The van der Waals surface area contributed by atoms with Crippen molar-refractivity contribution in [3.05, 3.63) is 22.3 Å². The Morgan fingerprint density at radius 1 is 1.50 bits per heavy atom. The molecule has 90 valence electrons. The number of nitrogens with zero attached hydrogens (tertiary/aromatic N) is 1. The first-order chi connectivity index (χ1) is 7.59. The maximum Gasteiger partial charge on any atom is 0.128 e. The van der Waals surface area contributed by atoms with Crippen LogP contribution in [0.15, 0.2) is 16.7 Å². The Bertz CT molecular complexity index is 331. The Balaban J connectivity index is 2.27. The number of rotatable bonds is 6. The molecule has 1 atom stereocenters. The van der Waals surface area contributed by atoms with E-state index < -0.39 is 0 Å². The van der Waals surface area contributed by atoms with Gasteiger partial charge in [0.15, 0.2) is 0 Å². The number of aromatic nitrogens is 1. The molecule has 1 heterocycles. The summed E-state index contributed by atoms with van der Waals surface area (Å²) in [6.07, 6.45) is 1.48. The average Bonchev–Trinajstić information content (AvgIpc) is 2.20. The molecule has 1 aromatic heterocycles. The van der Waals surface area contributed by atoms with Crippen LogP contribution in [0.4, 0.5) is 5.82 Å². The topological polar surface area (TPSA) is 57.2 Å². The first kappa shape index (κ1) is 13.4. The van der Waals surface area contributed by atoms with E-state index in [-0.39, 0.29) is 6.10 Å². The fourth-order valence-electron chi connectivity index (χ4n) is 1.31. The van der Waals surface area contributed by atoms with Crippen molar-refractivity contribution >= 4 is 21.7 Å². The number of aliphatic hydroxyl groups is 1. The highest BCUT2D eigenvalue weighted by molar-refractivity contribution is 9.10. The number of pyridine rings is 1. The van der Waals surface area contributed by atoms with Gasteiger partial charge in [-0.05, 0) is 41.4 Å². The number of anilines is 1. The Morgan fingerprint density at radius 3 is 2.88 bits per heavy atom. The number of halogens is 1. The fraction of sp³-hybridized carbons (Fsp3) is 0.545. The van der Waals surface area contributed by atoms with Crippen LogP contribution in [0.25, 0.3) is 0 Å². The van der Waals surface area contributed by atoms with Gasteiger partial charge in [0.2, 0.25) is 0 Å². The second-order valence-corrected chi connectivity index (χ2v) is 4.71. The van der Waals surface area contributed by atoms with E-state index in [4.69, 9.17) is 5.11 Å². The van der Waals surface area contributed by atoms with Gasteiger partial charge in [-0.2, -0.15) is 0 Å². The normalized spacial score (nSPS) is 12.5. The lowest BCUT2D eigenvalue weighted by molar-refractivity contribution is 0.192. The van der Waals surface area contributed by atoms with Crippen molar-refractivity contribution in [3.63, 3.8) is 0 Å². The van der Waals surface area contributed by atoms with Crippen molar-refractivity contribution in [2.45, 2.75) is 20.0 Å². The molecule has 3 N–H and O–H groups in total. The van der Waals surface area contributed by atoms with E-state index in [2.05, 4.69) is 31.5 Å². The van der Waals surface area contributed by atoms with Gasteiger partial charge >= 0.3 is 0 Å². The molecule has 0 aliphatic heterocycles. The zero-order valence-corrected chi connectivity index (χ0v) is 11.2. The molecule has 0 saturated heterocycles. The van der Waals surface area contributed by atoms with Gasteiger partial charge in [-0.15, -0.1) is 0 Å².